The number of aliphatic hydroxyl groups excluding tert-OH is 1. The molecular weight excluding hydrogens is 338 g/mol. The number of nitrogens with two attached hydrogens (primary N) is 1. The van der Waals surface area contributed by atoms with Crippen molar-refractivity contribution < 1.29 is 14.3 Å². The quantitative estimate of drug-likeness (QED) is 0.779. The zero-order valence-electron chi connectivity index (χ0n) is 15.4. The summed E-state index contributed by atoms with van der Waals surface area (Å²) in [4.78, 5) is 12.4. The third kappa shape index (κ3) is 3.17. The van der Waals surface area contributed by atoms with E-state index in [2.05, 4.69) is 48.8 Å². The van der Waals surface area contributed by atoms with Crippen molar-refractivity contribution in [3.8, 4) is 0 Å². The first-order valence-electron chi connectivity index (χ1n) is 8.49. The molecule has 0 aliphatic carbocycles. The van der Waals surface area contributed by atoms with E-state index < -0.39 is 8.32 Å². The molecule has 0 radical (unpaired) electrons. The summed E-state index contributed by atoms with van der Waals surface area (Å²) in [6.07, 6.45) is 2.58. The molecule has 3 heterocycles. The summed E-state index contributed by atoms with van der Waals surface area (Å²) in [6, 6.07) is 0. The molecule has 3 unspecified atom stereocenters. The van der Waals surface area contributed by atoms with Crippen molar-refractivity contribution in [1.29, 1.82) is 0 Å². The highest BCUT2D eigenvalue weighted by atomic mass is 28.4. The molecule has 8 nitrogen and oxygen atoms in total. The topological polar surface area (TPSA) is 108 Å². The number of aromatic nitrogens is 4. The number of hydrogen-bond acceptors (Lipinski definition) is 7. The van der Waals surface area contributed by atoms with E-state index in [0.717, 1.165) is 0 Å². The highest BCUT2D eigenvalue weighted by Gasteiger charge is 2.46. The first-order chi connectivity index (χ1) is 11.7. The van der Waals surface area contributed by atoms with Gasteiger partial charge >= 0.3 is 0 Å². The Labute approximate surface area is 148 Å². The van der Waals surface area contributed by atoms with Gasteiger partial charge in [0.1, 0.15) is 18.1 Å². The summed E-state index contributed by atoms with van der Waals surface area (Å²) in [7, 11) is -1.85. The van der Waals surface area contributed by atoms with Crippen LogP contribution in [0.5, 0.6) is 0 Å². The Morgan fingerprint density at radius 1 is 1.32 bits per heavy atom. The summed E-state index contributed by atoms with van der Waals surface area (Å²) in [5.74, 6) is 0.264. The SMILES string of the molecule is CC(C)(C)[Si](C)(C)OCC1OC(n2cnc3c(N)ncnc32)C1CO. The Balaban J connectivity index is 1.72. The lowest BCUT2D eigenvalue weighted by molar-refractivity contribution is -0.242. The molecule has 1 aliphatic rings. The molecule has 25 heavy (non-hydrogen) atoms. The fourth-order valence-electron chi connectivity index (χ4n) is 2.68. The standard InChI is InChI=1S/C16H27N5O3Si/c1-16(2,3)25(4,5)23-7-11-10(6-22)15(24-11)21-9-20-12-13(17)18-8-19-14(12)21/h8-11,15,22H,6-7H2,1-5H3,(H2,17,18,19). The first kappa shape index (κ1) is 18.2. The van der Waals surface area contributed by atoms with Gasteiger partial charge in [-0.15, -0.1) is 0 Å². The smallest absolute Gasteiger partial charge is 0.192 e. The summed E-state index contributed by atoms with van der Waals surface area (Å²) in [6.45, 7) is 11.5. The molecule has 2 aromatic heterocycles. The van der Waals surface area contributed by atoms with Crippen LogP contribution in [0.4, 0.5) is 5.82 Å². The van der Waals surface area contributed by atoms with Gasteiger partial charge in [0.25, 0.3) is 0 Å². The van der Waals surface area contributed by atoms with Crippen molar-refractivity contribution in [2.45, 2.75) is 51.2 Å². The molecule has 3 N–H and O–H groups in total. The molecule has 0 saturated carbocycles. The van der Waals surface area contributed by atoms with Crippen LogP contribution in [0.25, 0.3) is 11.2 Å². The second-order valence-corrected chi connectivity index (χ2v) is 12.9. The van der Waals surface area contributed by atoms with Crippen LogP contribution in [0.15, 0.2) is 12.7 Å². The molecule has 2 aromatic rings. The fourth-order valence-corrected chi connectivity index (χ4v) is 3.69. The van der Waals surface area contributed by atoms with Crippen LogP contribution >= 0.6 is 0 Å². The molecular formula is C16H27N5O3Si. The van der Waals surface area contributed by atoms with Crippen molar-refractivity contribution in [2.24, 2.45) is 5.92 Å². The summed E-state index contributed by atoms with van der Waals surface area (Å²) < 4.78 is 14.0. The predicted molar refractivity (Wildman–Crippen MR) is 97.4 cm³/mol. The zero-order chi connectivity index (χ0) is 18.4. The van der Waals surface area contributed by atoms with Gasteiger partial charge in [0.15, 0.2) is 19.8 Å². The maximum absolute atomic E-state index is 9.83. The lowest BCUT2D eigenvalue weighted by atomic mass is 9.95. The number of aliphatic hydroxyl groups is 1. The van der Waals surface area contributed by atoms with Crippen molar-refractivity contribution in [1.82, 2.24) is 19.5 Å². The molecule has 3 rings (SSSR count). The monoisotopic (exact) mass is 365 g/mol. The Bertz CT molecular complexity index is 758. The van der Waals surface area contributed by atoms with Crippen LogP contribution in [0.2, 0.25) is 18.1 Å². The minimum Gasteiger partial charge on any atom is -0.414 e. The maximum Gasteiger partial charge on any atom is 0.192 e. The predicted octanol–water partition coefficient (Wildman–Crippen LogP) is 1.94. The van der Waals surface area contributed by atoms with E-state index in [4.69, 9.17) is 14.9 Å². The van der Waals surface area contributed by atoms with Crippen molar-refractivity contribution in [3.63, 3.8) is 0 Å². The van der Waals surface area contributed by atoms with Gasteiger partial charge in [-0.3, -0.25) is 4.57 Å². The number of nitrogens with zero attached hydrogens (tertiary/aromatic N) is 4. The molecule has 138 valence electrons. The number of imidazole rings is 1. The Morgan fingerprint density at radius 3 is 2.68 bits per heavy atom. The van der Waals surface area contributed by atoms with Crippen LogP contribution in [-0.2, 0) is 9.16 Å². The number of anilines is 1. The molecule has 1 fully saturated rings. The minimum absolute atomic E-state index is 0.0104. The number of hydrogen-bond donors (Lipinski definition) is 2. The molecule has 0 bridgehead atoms. The van der Waals surface area contributed by atoms with E-state index in [-0.39, 0.29) is 29.9 Å². The van der Waals surface area contributed by atoms with Crippen LogP contribution in [-0.4, -0.2) is 52.3 Å². The number of nitrogen functional groups attached to an aromatic ring is 1. The number of fused-ring (bicyclic) bond motifs is 1. The van der Waals surface area contributed by atoms with Gasteiger partial charge in [0.05, 0.1) is 31.6 Å². The van der Waals surface area contributed by atoms with Crippen LogP contribution in [0, 0.1) is 5.92 Å². The minimum atomic E-state index is -1.85. The Morgan fingerprint density at radius 2 is 2.04 bits per heavy atom. The van der Waals surface area contributed by atoms with Gasteiger partial charge in [-0.05, 0) is 18.1 Å². The fraction of sp³-hybridized carbons (Fsp3) is 0.688. The van der Waals surface area contributed by atoms with Crippen LogP contribution in [0.1, 0.15) is 27.0 Å². The summed E-state index contributed by atoms with van der Waals surface area (Å²) >= 11 is 0. The number of rotatable bonds is 5. The zero-order valence-corrected chi connectivity index (χ0v) is 16.4. The Hall–Kier alpha value is -1.55. The van der Waals surface area contributed by atoms with Crippen molar-refractivity contribution >= 4 is 25.3 Å². The maximum atomic E-state index is 9.83. The molecule has 1 aliphatic heterocycles. The molecule has 3 atom stereocenters. The molecule has 1 saturated heterocycles. The van der Waals surface area contributed by atoms with E-state index in [9.17, 15) is 5.11 Å². The second-order valence-electron chi connectivity index (χ2n) is 8.07. The third-order valence-corrected chi connectivity index (χ3v) is 9.95. The Kier molecular flexibility index (Phi) is 4.61. The summed E-state index contributed by atoms with van der Waals surface area (Å²) in [5, 5.41) is 9.96. The first-order valence-corrected chi connectivity index (χ1v) is 11.4. The van der Waals surface area contributed by atoms with Gasteiger partial charge in [-0.2, -0.15) is 0 Å². The highest BCUT2D eigenvalue weighted by Crippen LogP contribution is 2.41. The van der Waals surface area contributed by atoms with Crippen molar-refractivity contribution in [2.75, 3.05) is 18.9 Å². The van der Waals surface area contributed by atoms with Crippen molar-refractivity contribution in [3.05, 3.63) is 12.7 Å². The summed E-state index contributed by atoms with van der Waals surface area (Å²) in [5.41, 5.74) is 6.98. The average Bonchev–Trinajstić information content (AvgIpc) is 2.90. The van der Waals surface area contributed by atoms with Crippen LogP contribution < -0.4 is 5.73 Å². The van der Waals surface area contributed by atoms with Gasteiger partial charge in [-0.25, -0.2) is 15.0 Å². The molecule has 0 spiro atoms. The van der Waals surface area contributed by atoms with Gasteiger partial charge in [0, 0.05) is 0 Å². The second kappa shape index (κ2) is 6.31. The lowest BCUT2D eigenvalue weighted by Gasteiger charge is -2.46. The normalized spacial score (nSPS) is 24.5. The average molecular weight is 366 g/mol. The van der Waals surface area contributed by atoms with E-state index in [1.165, 1.54) is 6.33 Å². The molecule has 9 heteroatoms. The number of ether oxygens (including phenoxy) is 1. The van der Waals surface area contributed by atoms with E-state index >= 15 is 0 Å². The highest BCUT2D eigenvalue weighted by molar-refractivity contribution is 6.74. The van der Waals surface area contributed by atoms with Gasteiger partial charge in [0.2, 0.25) is 0 Å². The van der Waals surface area contributed by atoms with E-state index in [1.807, 2.05) is 0 Å². The van der Waals surface area contributed by atoms with Gasteiger partial charge < -0.3 is 20.0 Å². The van der Waals surface area contributed by atoms with Gasteiger partial charge in [-0.1, -0.05) is 20.8 Å². The molecule has 0 amide bonds. The van der Waals surface area contributed by atoms with Crippen LogP contribution in [0.3, 0.4) is 0 Å². The molecule has 0 aromatic carbocycles. The lowest BCUT2D eigenvalue weighted by Crippen LogP contribution is -2.52. The third-order valence-electron chi connectivity index (χ3n) is 5.44. The largest absolute Gasteiger partial charge is 0.414 e. The van der Waals surface area contributed by atoms with E-state index in [1.54, 1.807) is 10.9 Å². The van der Waals surface area contributed by atoms with E-state index in [0.29, 0.717) is 23.6 Å².